The van der Waals surface area contributed by atoms with Crippen LogP contribution in [0.5, 0.6) is 5.75 Å². The summed E-state index contributed by atoms with van der Waals surface area (Å²) in [4.78, 5) is 10.6. The predicted octanol–water partition coefficient (Wildman–Crippen LogP) is 3.43. The van der Waals surface area contributed by atoms with Gasteiger partial charge in [-0.15, -0.1) is 0 Å². The van der Waals surface area contributed by atoms with Crippen LogP contribution < -0.4 is 0 Å². The van der Waals surface area contributed by atoms with Gasteiger partial charge in [-0.3, -0.25) is 10.1 Å². The molecule has 1 aromatic carbocycles. The second-order valence-electron chi connectivity index (χ2n) is 7.47. The number of nitro groups is 1. The number of rotatable bonds is 1. The van der Waals surface area contributed by atoms with Gasteiger partial charge in [0, 0.05) is 11.5 Å². The Bertz CT molecular complexity index is 726. The minimum Gasteiger partial charge on any atom is -0.502 e. The third-order valence-electron chi connectivity index (χ3n) is 6.44. The van der Waals surface area contributed by atoms with Crippen molar-refractivity contribution in [3.8, 4) is 5.75 Å². The molecule has 4 atom stereocenters. The molecule has 1 saturated carbocycles. The number of aliphatic hydroxyl groups excluding tert-OH is 1. The number of hydrogen-bond acceptors (Lipinski definition) is 4. The van der Waals surface area contributed by atoms with Gasteiger partial charge in [0.05, 0.1) is 11.0 Å². The van der Waals surface area contributed by atoms with Gasteiger partial charge >= 0.3 is 5.69 Å². The number of hydrogen-bond donors (Lipinski definition) is 2. The number of nitrogens with zero attached hydrogens (tertiary/aromatic N) is 1. The molecule has 5 heteroatoms. The lowest BCUT2D eigenvalue weighted by atomic mass is 9.60. The molecule has 0 amide bonds. The summed E-state index contributed by atoms with van der Waals surface area (Å²) >= 11 is 0. The van der Waals surface area contributed by atoms with Gasteiger partial charge in [0.2, 0.25) is 0 Å². The van der Waals surface area contributed by atoms with Crippen LogP contribution >= 0.6 is 0 Å². The normalized spacial score (nSPS) is 35.0. The smallest absolute Gasteiger partial charge is 0.311 e. The van der Waals surface area contributed by atoms with E-state index in [4.69, 9.17) is 0 Å². The molecule has 0 bridgehead atoms. The lowest BCUT2D eigenvalue weighted by Crippen LogP contribution is -2.40. The Morgan fingerprint density at radius 3 is 2.83 bits per heavy atom. The van der Waals surface area contributed by atoms with Crippen LogP contribution in [0, 0.1) is 27.4 Å². The first-order chi connectivity index (χ1) is 10.9. The first-order valence-corrected chi connectivity index (χ1v) is 8.30. The van der Waals surface area contributed by atoms with Crippen molar-refractivity contribution in [1.82, 2.24) is 0 Å². The number of fused-ring (bicyclic) bond motifs is 5. The number of nitro benzene ring substituents is 1. The van der Waals surface area contributed by atoms with E-state index in [1.54, 1.807) is 6.07 Å². The van der Waals surface area contributed by atoms with E-state index in [-0.39, 0.29) is 23.0 Å². The third-order valence-corrected chi connectivity index (χ3v) is 6.44. The second-order valence-corrected chi connectivity index (χ2v) is 7.47. The molecule has 1 fully saturated rings. The van der Waals surface area contributed by atoms with E-state index in [0.717, 1.165) is 43.2 Å². The van der Waals surface area contributed by atoms with E-state index in [1.807, 2.05) is 0 Å². The molecule has 0 aliphatic heterocycles. The predicted molar refractivity (Wildman–Crippen MR) is 86.0 cm³/mol. The first kappa shape index (κ1) is 14.7. The van der Waals surface area contributed by atoms with Crippen LogP contribution in [0.2, 0.25) is 0 Å². The van der Waals surface area contributed by atoms with Gasteiger partial charge in [0.15, 0.2) is 5.75 Å². The van der Waals surface area contributed by atoms with Crippen LogP contribution in [-0.2, 0) is 6.42 Å². The van der Waals surface area contributed by atoms with Crippen LogP contribution in [0.3, 0.4) is 0 Å². The highest BCUT2D eigenvalue weighted by molar-refractivity contribution is 5.76. The molecule has 4 rings (SSSR count). The highest BCUT2D eigenvalue weighted by atomic mass is 16.6. The van der Waals surface area contributed by atoms with Crippen molar-refractivity contribution in [2.75, 3.05) is 0 Å². The number of aromatic hydroxyl groups is 1. The van der Waals surface area contributed by atoms with Gasteiger partial charge < -0.3 is 10.2 Å². The molecule has 23 heavy (non-hydrogen) atoms. The van der Waals surface area contributed by atoms with Crippen molar-refractivity contribution in [2.24, 2.45) is 17.3 Å². The minimum absolute atomic E-state index is 0.0610. The Morgan fingerprint density at radius 2 is 2.09 bits per heavy atom. The quantitative estimate of drug-likeness (QED) is 0.614. The Balaban J connectivity index is 1.82. The monoisotopic (exact) mass is 315 g/mol. The van der Waals surface area contributed by atoms with Crippen LogP contribution in [0.4, 0.5) is 5.69 Å². The van der Waals surface area contributed by atoms with Crippen LogP contribution in [0.25, 0.3) is 5.57 Å². The maximum atomic E-state index is 11.1. The van der Waals surface area contributed by atoms with E-state index in [9.17, 15) is 20.3 Å². The van der Waals surface area contributed by atoms with E-state index >= 15 is 0 Å². The highest BCUT2D eigenvalue weighted by Crippen LogP contribution is 2.58. The van der Waals surface area contributed by atoms with Crippen molar-refractivity contribution in [3.05, 3.63) is 39.4 Å². The molecule has 0 heterocycles. The second kappa shape index (κ2) is 4.81. The molecule has 0 radical (unpaired) electrons. The molecule has 1 aromatic rings. The fourth-order valence-corrected chi connectivity index (χ4v) is 5.11. The van der Waals surface area contributed by atoms with E-state index < -0.39 is 4.92 Å². The zero-order valence-corrected chi connectivity index (χ0v) is 13.2. The van der Waals surface area contributed by atoms with Gasteiger partial charge in [0.1, 0.15) is 0 Å². The molecule has 5 nitrogen and oxygen atoms in total. The summed E-state index contributed by atoms with van der Waals surface area (Å²) in [7, 11) is 0. The number of aryl methyl sites for hydroxylation is 1. The molecule has 3 aliphatic rings. The maximum absolute atomic E-state index is 11.1. The molecule has 0 saturated heterocycles. The summed E-state index contributed by atoms with van der Waals surface area (Å²) in [6, 6.07) is 3.10. The molecule has 3 aliphatic carbocycles. The topological polar surface area (TPSA) is 83.6 Å². The molecule has 122 valence electrons. The largest absolute Gasteiger partial charge is 0.502 e. The Morgan fingerprint density at radius 1 is 1.30 bits per heavy atom. The minimum atomic E-state index is -0.522. The van der Waals surface area contributed by atoms with Crippen molar-refractivity contribution >= 4 is 11.3 Å². The Kier molecular flexibility index (Phi) is 3.07. The summed E-state index contributed by atoms with van der Waals surface area (Å²) in [6.45, 7) is 2.18. The van der Waals surface area contributed by atoms with Crippen molar-refractivity contribution in [1.29, 1.82) is 0 Å². The number of phenols is 1. The molecule has 0 aromatic heterocycles. The van der Waals surface area contributed by atoms with Crippen LogP contribution in [0.15, 0.2) is 18.2 Å². The zero-order valence-electron chi connectivity index (χ0n) is 13.2. The lowest BCUT2D eigenvalue weighted by Gasteiger charge is -2.45. The van der Waals surface area contributed by atoms with E-state index in [0.29, 0.717) is 11.8 Å². The fourth-order valence-electron chi connectivity index (χ4n) is 5.11. The van der Waals surface area contributed by atoms with E-state index in [1.165, 1.54) is 11.6 Å². The van der Waals surface area contributed by atoms with Crippen molar-refractivity contribution < 1.29 is 15.1 Å². The summed E-state index contributed by atoms with van der Waals surface area (Å²) < 4.78 is 0. The van der Waals surface area contributed by atoms with Crippen molar-refractivity contribution in [3.63, 3.8) is 0 Å². The maximum Gasteiger partial charge on any atom is 0.311 e. The van der Waals surface area contributed by atoms with E-state index in [2.05, 4.69) is 13.0 Å². The van der Waals surface area contributed by atoms with Gasteiger partial charge in [-0.1, -0.05) is 13.0 Å². The Labute approximate surface area is 134 Å². The van der Waals surface area contributed by atoms with Crippen LogP contribution in [0.1, 0.15) is 43.7 Å². The number of allylic oxidation sites excluding steroid dienone is 2. The highest BCUT2D eigenvalue weighted by Gasteiger charge is 2.52. The summed E-state index contributed by atoms with van der Waals surface area (Å²) in [5.41, 5.74) is 2.83. The SMILES string of the molecule is C[C@]12CC=C3c4cc([N+](=O)[O-])c(O)cc4CC[C@H]3[C@@H]1CC[C@@H]2O. The number of aliphatic hydroxyl groups is 1. The number of phenolic OH excluding ortho intramolecular Hbond substituents is 1. The molecular weight excluding hydrogens is 294 g/mol. The molecule has 0 unspecified atom stereocenters. The average Bonchev–Trinajstić information content (AvgIpc) is 2.81. The summed E-state index contributed by atoms with van der Waals surface area (Å²) in [6.07, 6.45) is 6.43. The fraction of sp³-hybridized carbons (Fsp3) is 0.556. The molecule has 0 spiro atoms. The first-order valence-electron chi connectivity index (χ1n) is 8.30. The van der Waals surface area contributed by atoms with Gasteiger partial charge in [-0.25, -0.2) is 0 Å². The molecule has 2 N–H and O–H groups in total. The van der Waals surface area contributed by atoms with Crippen LogP contribution in [-0.4, -0.2) is 21.2 Å². The zero-order chi connectivity index (χ0) is 16.4. The molecular formula is C18H21NO4. The lowest BCUT2D eigenvalue weighted by molar-refractivity contribution is -0.385. The third kappa shape index (κ3) is 1.96. The summed E-state index contributed by atoms with van der Waals surface area (Å²) in [5.74, 6) is 0.561. The van der Waals surface area contributed by atoms with Gasteiger partial charge in [-0.05, 0) is 66.7 Å². The average molecular weight is 315 g/mol. The summed E-state index contributed by atoms with van der Waals surface area (Å²) in [5, 5.41) is 31.4. The van der Waals surface area contributed by atoms with Gasteiger partial charge in [0.25, 0.3) is 0 Å². The van der Waals surface area contributed by atoms with Crippen molar-refractivity contribution in [2.45, 2.75) is 45.1 Å². The standard InChI is InChI=1S/C18H21NO4/c1-18-7-6-11-12(14(18)4-5-17(18)21)3-2-10-8-16(20)15(19(22)23)9-13(10)11/h6,8-9,12,14,17,20-21H,2-5,7H2,1H3/t12-,14+,17+,18+/m1/s1. The number of benzene rings is 1. The van der Waals surface area contributed by atoms with Gasteiger partial charge in [-0.2, -0.15) is 0 Å². The Hall–Kier alpha value is -1.88.